The van der Waals surface area contributed by atoms with Crippen LogP contribution in [0.4, 0.5) is 5.82 Å². The molecule has 1 heterocycles. The molecule has 1 aromatic heterocycles. The number of anilines is 1. The first-order chi connectivity index (χ1) is 7.59. The third-order valence-electron chi connectivity index (χ3n) is 2.32. The molecule has 0 bridgehead atoms. The molecule has 1 aromatic carbocycles. The molecular formula is C11H9Cl2N3. The number of hydrogen-bond donors (Lipinski definition) is 1. The molecule has 0 radical (unpaired) electrons. The minimum absolute atomic E-state index is 0.469. The lowest BCUT2D eigenvalue weighted by Crippen LogP contribution is -1.98. The van der Waals surface area contributed by atoms with Gasteiger partial charge in [0.1, 0.15) is 12.1 Å². The van der Waals surface area contributed by atoms with E-state index in [0.717, 1.165) is 16.8 Å². The molecule has 2 N–H and O–H groups in total. The SMILES string of the molecule is Cc1c(N)ncnc1-c1ccc(Cl)c(Cl)c1. The molecule has 16 heavy (non-hydrogen) atoms. The lowest BCUT2D eigenvalue weighted by Gasteiger charge is -2.07. The number of benzene rings is 1. The normalized spacial score (nSPS) is 10.4. The van der Waals surface area contributed by atoms with Gasteiger partial charge in [0.15, 0.2) is 0 Å². The lowest BCUT2D eigenvalue weighted by atomic mass is 10.1. The zero-order valence-electron chi connectivity index (χ0n) is 8.54. The molecule has 0 aliphatic carbocycles. The van der Waals surface area contributed by atoms with Crippen LogP contribution < -0.4 is 5.73 Å². The fourth-order valence-electron chi connectivity index (χ4n) is 1.40. The van der Waals surface area contributed by atoms with Gasteiger partial charge in [0, 0.05) is 11.1 Å². The number of nitrogens with two attached hydrogens (primary N) is 1. The Morgan fingerprint density at radius 2 is 1.88 bits per heavy atom. The average Bonchev–Trinajstić information content (AvgIpc) is 2.26. The van der Waals surface area contributed by atoms with Crippen molar-refractivity contribution in [2.24, 2.45) is 0 Å². The van der Waals surface area contributed by atoms with Crippen LogP contribution in [0, 0.1) is 6.92 Å². The van der Waals surface area contributed by atoms with Gasteiger partial charge in [-0.15, -0.1) is 0 Å². The van der Waals surface area contributed by atoms with Crippen LogP contribution in [0.5, 0.6) is 0 Å². The molecule has 3 nitrogen and oxygen atoms in total. The summed E-state index contributed by atoms with van der Waals surface area (Å²) in [4.78, 5) is 8.10. The predicted octanol–water partition coefficient (Wildman–Crippen LogP) is 3.34. The van der Waals surface area contributed by atoms with Crippen molar-refractivity contribution in [2.75, 3.05) is 5.73 Å². The summed E-state index contributed by atoms with van der Waals surface area (Å²) in [6, 6.07) is 5.35. The molecule has 0 spiro atoms. The van der Waals surface area contributed by atoms with E-state index in [4.69, 9.17) is 28.9 Å². The van der Waals surface area contributed by atoms with Crippen molar-refractivity contribution in [3.63, 3.8) is 0 Å². The summed E-state index contributed by atoms with van der Waals surface area (Å²) in [5.41, 5.74) is 8.20. The number of halogens is 2. The van der Waals surface area contributed by atoms with E-state index in [9.17, 15) is 0 Å². The van der Waals surface area contributed by atoms with Gasteiger partial charge in [-0.3, -0.25) is 0 Å². The molecule has 0 unspecified atom stereocenters. The van der Waals surface area contributed by atoms with Crippen molar-refractivity contribution in [1.82, 2.24) is 9.97 Å². The van der Waals surface area contributed by atoms with Gasteiger partial charge in [0.2, 0.25) is 0 Å². The molecule has 0 aliphatic rings. The first kappa shape index (κ1) is 11.2. The van der Waals surface area contributed by atoms with Crippen LogP contribution in [0.3, 0.4) is 0 Å². The fourth-order valence-corrected chi connectivity index (χ4v) is 1.70. The van der Waals surface area contributed by atoms with Gasteiger partial charge in [-0.05, 0) is 19.1 Å². The van der Waals surface area contributed by atoms with Crippen LogP contribution in [-0.2, 0) is 0 Å². The average molecular weight is 254 g/mol. The Bertz CT molecular complexity index is 541. The van der Waals surface area contributed by atoms with Gasteiger partial charge >= 0.3 is 0 Å². The van der Waals surface area contributed by atoms with E-state index in [0.29, 0.717) is 15.9 Å². The van der Waals surface area contributed by atoms with Crippen LogP contribution in [-0.4, -0.2) is 9.97 Å². The Morgan fingerprint density at radius 3 is 2.56 bits per heavy atom. The Morgan fingerprint density at radius 1 is 1.12 bits per heavy atom. The molecule has 0 aliphatic heterocycles. The second-order valence-electron chi connectivity index (χ2n) is 3.36. The topological polar surface area (TPSA) is 51.8 Å². The van der Waals surface area contributed by atoms with Gasteiger partial charge in [-0.1, -0.05) is 29.3 Å². The standard InChI is InChI=1S/C11H9Cl2N3/c1-6-10(15-5-16-11(6)14)7-2-3-8(12)9(13)4-7/h2-5H,1H3,(H2,14,15,16). The number of nitrogen functional groups attached to an aromatic ring is 1. The molecule has 0 amide bonds. The van der Waals surface area contributed by atoms with Gasteiger partial charge in [0.25, 0.3) is 0 Å². The van der Waals surface area contributed by atoms with Crippen molar-refractivity contribution in [3.05, 3.63) is 40.1 Å². The fraction of sp³-hybridized carbons (Fsp3) is 0.0909. The monoisotopic (exact) mass is 253 g/mol. The zero-order valence-corrected chi connectivity index (χ0v) is 10.0. The minimum atomic E-state index is 0.469. The zero-order chi connectivity index (χ0) is 11.7. The molecule has 0 atom stereocenters. The van der Waals surface area contributed by atoms with Crippen molar-refractivity contribution in [2.45, 2.75) is 6.92 Å². The molecule has 0 saturated heterocycles. The van der Waals surface area contributed by atoms with Crippen molar-refractivity contribution in [3.8, 4) is 11.3 Å². The van der Waals surface area contributed by atoms with E-state index in [1.54, 1.807) is 12.1 Å². The maximum Gasteiger partial charge on any atom is 0.130 e. The molecule has 2 rings (SSSR count). The Kier molecular flexibility index (Phi) is 2.99. The van der Waals surface area contributed by atoms with E-state index >= 15 is 0 Å². The lowest BCUT2D eigenvalue weighted by molar-refractivity contribution is 1.14. The quantitative estimate of drug-likeness (QED) is 0.849. The van der Waals surface area contributed by atoms with Crippen LogP contribution in [0.2, 0.25) is 10.0 Å². The third-order valence-corrected chi connectivity index (χ3v) is 3.06. The van der Waals surface area contributed by atoms with Gasteiger partial charge in [-0.2, -0.15) is 0 Å². The Balaban J connectivity index is 2.59. The molecule has 2 aromatic rings. The van der Waals surface area contributed by atoms with E-state index in [1.165, 1.54) is 6.33 Å². The highest BCUT2D eigenvalue weighted by Gasteiger charge is 2.08. The number of hydrogen-bond acceptors (Lipinski definition) is 3. The van der Waals surface area contributed by atoms with Gasteiger partial charge in [0.05, 0.1) is 15.7 Å². The second-order valence-corrected chi connectivity index (χ2v) is 4.18. The first-order valence-corrected chi connectivity index (χ1v) is 5.37. The number of aromatic nitrogens is 2. The summed E-state index contributed by atoms with van der Waals surface area (Å²) in [7, 11) is 0. The maximum atomic E-state index is 5.95. The van der Waals surface area contributed by atoms with Crippen LogP contribution in [0.15, 0.2) is 24.5 Å². The summed E-state index contributed by atoms with van der Waals surface area (Å²) in [5.74, 6) is 0.469. The van der Waals surface area contributed by atoms with Crippen LogP contribution in [0.1, 0.15) is 5.56 Å². The van der Waals surface area contributed by atoms with E-state index < -0.39 is 0 Å². The largest absolute Gasteiger partial charge is 0.383 e. The molecule has 5 heteroatoms. The van der Waals surface area contributed by atoms with Crippen LogP contribution in [0.25, 0.3) is 11.3 Å². The van der Waals surface area contributed by atoms with Crippen molar-refractivity contribution >= 4 is 29.0 Å². The second kappa shape index (κ2) is 4.28. The van der Waals surface area contributed by atoms with Gasteiger partial charge < -0.3 is 5.73 Å². The molecule has 0 saturated carbocycles. The van der Waals surface area contributed by atoms with Crippen molar-refractivity contribution in [1.29, 1.82) is 0 Å². The smallest absolute Gasteiger partial charge is 0.130 e. The summed E-state index contributed by atoms with van der Waals surface area (Å²) >= 11 is 11.8. The maximum absolute atomic E-state index is 5.95. The van der Waals surface area contributed by atoms with E-state index in [2.05, 4.69) is 9.97 Å². The van der Waals surface area contributed by atoms with Crippen molar-refractivity contribution < 1.29 is 0 Å². The Hall–Kier alpha value is -1.32. The Labute approximate surface area is 103 Å². The number of nitrogens with zero attached hydrogens (tertiary/aromatic N) is 2. The number of rotatable bonds is 1. The first-order valence-electron chi connectivity index (χ1n) is 4.62. The summed E-state index contributed by atoms with van der Waals surface area (Å²) in [6.07, 6.45) is 1.43. The minimum Gasteiger partial charge on any atom is -0.383 e. The highest BCUT2D eigenvalue weighted by atomic mass is 35.5. The summed E-state index contributed by atoms with van der Waals surface area (Å²) in [5, 5.41) is 1.01. The summed E-state index contributed by atoms with van der Waals surface area (Å²) < 4.78 is 0. The molecular weight excluding hydrogens is 245 g/mol. The molecule has 0 fully saturated rings. The highest BCUT2D eigenvalue weighted by molar-refractivity contribution is 6.42. The highest BCUT2D eigenvalue weighted by Crippen LogP contribution is 2.29. The van der Waals surface area contributed by atoms with E-state index in [-0.39, 0.29) is 0 Å². The molecule has 82 valence electrons. The van der Waals surface area contributed by atoms with Gasteiger partial charge in [-0.25, -0.2) is 9.97 Å². The van der Waals surface area contributed by atoms with Crippen LogP contribution >= 0.6 is 23.2 Å². The van der Waals surface area contributed by atoms with E-state index in [1.807, 2.05) is 13.0 Å². The third kappa shape index (κ3) is 1.96. The summed E-state index contributed by atoms with van der Waals surface area (Å²) in [6.45, 7) is 1.87. The predicted molar refractivity (Wildman–Crippen MR) is 66.6 cm³/mol.